The Hall–Kier alpha value is -3.55. The fourth-order valence-corrected chi connectivity index (χ4v) is 4.41. The molecule has 33 heavy (non-hydrogen) atoms. The van der Waals surface area contributed by atoms with Crippen molar-refractivity contribution in [1.29, 1.82) is 0 Å². The molecule has 0 unspecified atom stereocenters. The molecule has 4 rings (SSSR count). The molecule has 0 saturated heterocycles. The highest BCUT2D eigenvalue weighted by molar-refractivity contribution is 5.91. The van der Waals surface area contributed by atoms with E-state index in [2.05, 4.69) is 38.2 Å². The number of amides is 2. The molecule has 2 aromatic carbocycles. The Labute approximate surface area is 193 Å². The number of H-pyrrole nitrogens is 1. The number of aromatic nitrogens is 4. The van der Waals surface area contributed by atoms with E-state index in [-0.39, 0.29) is 11.8 Å². The van der Waals surface area contributed by atoms with E-state index < -0.39 is 5.54 Å². The third kappa shape index (κ3) is 5.27. The topological polar surface area (TPSA) is 113 Å². The molecule has 0 atom stereocenters. The quantitative estimate of drug-likeness (QED) is 0.463. The number of nitrogens with zero attached hydrogens (tertiary/aromatic N) is 3. The number of carbonyl (C=O) groups excluding carboxylic acids is 2. The maximum Gasteiger partial charge on any atom is 0.246 e. The van der Waals surface area contributed by atoms with Crippen molar-refractivity contribution in [2.24, 2.45) is 0 Å². The van der Waals surface area contributed by atoms with Crippen molar-refractivity contribution in [2.45, 2.75) is 64.0 Å². The number of carbonyl (C=O) groups is 2. The SMILES string of the molecule is CCCCC(=O)NC1(C(=O)NCc2ccc(-c3ccccc3-c3nn[nH]n3)cc2)CCCC1. The van der Waals surface area contributed by atoms with Gasteiger partial charge < -0.3 is 10.6 Å². The van der Waals surface area contributed by atoms with Crippen LogP contribution in [0.25, 0.3) is 22.5 Å². The van der Waals surface area contributed by atoms with Crippen LogP contribution in [-0.2, 0) is 16.1 Å². The van der Waals surface area contributed by atoms with Crippen molar-refractivity contribution >= 4 is 11.8 Å². The summed E-state index contributed by atoms with van der Waals surface area (Å²) in [7, 11) is 0. The van der Waals surface area contributed by atoms with E-state index >= 15 is 0 Å². The highest BCUT2D eigenvalue weighted by atomic mass is 16.2. The first-order valence-corrected chi connectivity index (χ1v) is 11.6. The summed E-state index contributed by atoms with van der Waals surface area (Å²) in [4.78, 5) is 25.4. The van der Waals surface area contributed by atoms with E-state index in [1.807, 2.05) is 48.5 Å². The third-order valence-corrected chi connectivity index (χ3v) is 6.26. The molecule has 172 valence electrons. The van der Waals surface area contributed by atoms with Gasteiger partial charge in [-0.15, -0.1) is 10.2 Å². The summed E-state index contributed by atoms with van der Waals surface area (Å²) in [5, 5.41) is 20.4. The molecule has 1 saturated carbocycles. The van der Waals surface area contributed by atoms with Crippen LogP contribution < -0.4 is 10.6 Å². The van der Waals surface area contributed by atoms with Crippen LogP contribution in [0.3, 0.4) is 0 Å². The second-order valence-electron chi connectivity index (χ2n) is 8.60. The van der Waals surface area contributed by atoms with Crippen LogP contribution in [0.15, 0.2) is 48.5 Å². The smallest absolute Gasteiger partial charge is 0.246 e. The van der Waals surface area contributed by atoms with Gasteiger partial charge in [0.25, 0.3) is 0 Å². The van der Waals surface area contributed by atoms with E-state index in [9.17, 15) is 9.59 Å². The van der Waals surface area contributed by atoms with Crippen molar-refractivity contribution in [3.63, 3.8) is 0 Å². The van der Waals surface area contributed by atoms with Crippen LogP contribution in [0.1, 0.15) is 57.4 Å². The molecule has 1 fully saturated rings. The monoisotopic (exact) mass is 446 g/mol. The minimum absolute atomic E-state index is 0.0291. The molecule has 1 aliphatic rings. The standard InChI is InChI=1S/C25H30N6O2/c1-2-3-10-22(32)27-25(15-6-7-16-25)24(33)26-17-18-11-13-19(14-12-18)20-8-4-5-9-21(20)23-28-30-31-29-23/h4-5,8-9,11-14H,2-3,6-7,10,15-17H2,1H3,(H,26,33)(H,27,32)(H,28,29,30,31). The van der Waals surface area contributed by atoms with Crippen LogP contribution in [0.2, 0.25) is 0 Å². The van der Waals surface area contributed by atoms with Crippen LogP contribution in [0.5, 0.6) is 0 Å². The molecule has 0 aliphatic heterocycles. The fraction of sp³-hybridized carbons (Fsp3) is 0.400. The summed E-state index contributed by atoms with van der Waals surface area (Å²) in [6.07, 6.45) is 5.57. The Morgan fingerprint density at radius 2 is 1.76 bits per heavy atom. The van der Waals surface area contributed by atoms with Gasteiger partial charge in [-0.25, -0.2) is 0 Å². The Morgan fingerprint density at radius 3 is 2.42 bits per heavy atom. The number of tetrazole rings is 1. The van der Waals surface area contributed by atoms with Crippen molar-refractivity contribution < 1.29 is 9.59 Å². The highest BCUT2D eigenvalue weighted by Crippen LogP contribution is 2.31. The molecule has 2 amide bonds. The Morgan fingerprint density at radius 1 is 1.03 bits per heavy atom. The van der Waals surface area contributed by atoms with Gasteiger partial charge in [-0.2, -0.15) is 5.21 Å². The average Bonchev–Trinajstić information content (AvgIpc) is 3.55. The van der Waals surface area contributed by atoms with Crippen LogP contribution in [0, 0.1) is 0 Å². The minimum Gasteiger partial charge on any atom is -0.350 e. The van der Waals surface area contributed by atoms with Gasteiger partial charge in [0.15, 0.2) is 0 Å². The lowest BCUT2D eigenvalue weighted by Crippen LogP contribution is -2.57. The van der Waals surface area contributed by atoms with Gasteiger partial charge in [0.1, 0.15) is 5.54 Å². The number of benzene rings is 2. The van der Waals surface area contributed by atoms with E-state index in [0.717, 1.165) is 47.9 Å². The molecule has 1 aliphatic carbocycles. The second kappa shape index (κ2) is 10.4. The molecule has 0 spiro atoms. The zero-order chi connectivity index (χ0) is 23.1. The minimum atomic E-state index is -0.770. The first kappa shape index (κ1) is 22.6. The van der Waals surface area contributed by atoms with Gasteiger partial charge in [-0.1, -0.05) is 74.7 Å². The lowest BCUT2D eigenvalue weighted by molar-refractivity contribution is -0.133. The average molecular weight is 447 g/mol. The first-order chi connectivity index (χ1) is 16.1. The predicted molar refractivity (Wildman–Crippen MR) is 126 cm³/mol. The van der Waals surface area contributed by atoms with Gasteiger partial charge in [-0.05, 0) is 41.2 Å². The van der Waals surface area contributed by atoms with E-state index in [4.69, 9.17) is 0 Å². The molecular weight excluding hydrogens is 416 g/mol. The molecule has 3 aromatic rings. The third-order valence-electron chi connectivity index (χ3n) is 6.26. The number of hydrogen-bond acceptors (Lipinski definition) is 5. The normalized spacial score (nSPS) is 14.7. The van der Waals surface area contributed by atoms with E-state index in [1.165, 1.54) is 0 Å². The van der Waals surface area contributed by atoms with Gasteiger partial charge in [-0.3, -0.25) is 9.59 Å². The number of hydrogen-bond donors (Lipinski definition) is 3. The molecule has 0 bridgehead atoms. The summed E-state index contributed by atoms with van der Waals surface area (Å²) >= 11 is 0. The molecule has 0 radical (unpaired) electrons. The van der Waals surface area contributed by atoms with E-state index in [0.29, 0.717) is 31.6 Å². The van der Waals surface area contributed by atoms with Crippen molar-refractivity contribution in [1.82, 2.24) is 31.3 Å². The van der Waals surface area contributed by atoms with Gasteiger partial charge in [0.2, 0.25) is 17.6 Å². The van der Waals surface area contributed by atoms with Crippen LogP contribution >= 0.6 is 0 Å². The summed E-state index contributed by atoms with van der Waals surface area (Å²) in [5.74, 6) is 0.430. The zero-order valence-electron chi connectivity index (χ0n) is 18.9. The van der Waals surface area contributed by atoms with Gasteiger partial charge >= 0.3 is 0 Å². The number of aromatic amines is 1. The molecule has 1 aromatic heterocycles. The van der Waals surface area contributed by atoms with Gasteiger partial charge in [0.05, 0.1) is 0 Å². The van der Waals surface area contributed by atoms with Gasteiger partial charge in [0, 0.05) is 18.5 Å². The van der Waals surface area contributed by atoms with Crippen molar-refractivity contribution in [3.8, 4) is 22.5 Å². The highest BCUT2D eigenvalue weighted by Gasteiger charge is 2.42. The molecule has 3 N–H and O–H groups in total. The maximum atomic E-state index is 13.1. The number of rotatable bonds is 9. The molecule has 8 heteroatoms. The maximum absolute atomic E-state index is 13.1. The summed E-state index contributed by atoms with van der Waals surface area (Å²) in [6.45, 7) is 2.47. The van der Waals surface area contributed by atoms with Crippen LogP contribution in [0.4, 0.5) is 0 Å². The Kier molecular flexibility index (Phi) is 7.12. The summed E-state index contributed by atoms with van der Waals surface area (Å²) in [6, 6.07) is 16.0. The molecule has 1 heterocycles. The summed E-state index contributed by atoms with van der Waals surface area (Å²) in [5.41, 5.74) is 3.16. The fourth-order valence-electron chi connectivity index (χ4n) is 4.41. The van der Waals surface area contributed by atoms with Crippen molar-refractivity contribution in [2.75, 3.05) is 0 Å². The largest absolute Gasteiger partial charge is 0.350 e. The van der Waals surface area contributed by atoms with Crippen LogP contribution in [-0.4, -0.2) is 38.0 Å². The lowest BCUT2D eigenvalue weighted by Gasteiger charge is -2.29. The Bertz CT molecular complexity index is 1070. The second-order valence-corrected chi connectivity index (χ2v) is 8.60. The lowest BCUT2D eigenvalue weighted by atomic mass is 9.95. The van der Waals surface area contributed by atoms with Crippen molar-refractivity contribution in [3.05, 3.63) is 54.1 Å². The predicted octanol–water partition coefficient (Wildman–Crippen LogP) is 3.77. The zero-order valence-corrected chi connectivity index (χ0v) is 18.9. The number of nitrogens with one attached hydrogen (secondary N) is 3. The summed E-state index contributed by atoms with van der Waals surface area (Å²) < 4.78 is 0. The number of unbranched alkanes of at least 4 members (excludes halogenated alkanes) is 1. The molecular formula is C25H30N6O2. The molecule has 8 nitrogen and oxygen atoms in total. The van der Waals surface area contributed by atoms with E-state index in [1.54, 1.807) is 0 Å². The Balaban J connectivity index is 1.42. The first-order valence-electron chi connectivity index (χ1n) is 11.6.